The number of hydrogen-bond acceptors (Lipinski definition) is 3. The number of benzene rings is 1. The van der Waals surface area contributed by atoms with Crippen LogP contribution in [0.15, 0.2) is 47.4 Å². The quantitative estimate of drug-likeness (QED) is 0.862. The Hall–Kier alpha value is -1.45. The topological polar surface area (TPSA) is 38.9 Å². The lowest BCUT2D eigenvalue weighted by molar-refractivity contribution is 0.583. The van der Waals surface area contributed by atoms with Crippen molar-refractivity contribution in [1.29, 1.82) is 0 Å². The minimum atomic E-state index is 0.361. The molecule has 19 heavy (non-hydrogen) atoms. The fraction of sp³-hybridized carbons (Fsp3) is 0.312. The molecule has 0 amide bonds. The SMILES string of the molecule is NC1CC=C(Cc2nc(-c3ccccc3)cs2)CC1. The zero-order chi connectivity index (χ0) is 13.1. The van der Waals surface area contributed by atoms with Gasteiger partial charge in [-0.15, -0.1) is 11.3 Å². The van der Waals surface area contributed by atoms with E-state index in [2.05, 4.69) is 35.7 Å². The van der Waals surface area contributed by atoms with Gasteiger partial charge in [-0.3, -0.25) is 0 Å². The molecule has 98 valence electrons. The van der Waals surface area contributed by atoms with Crippen molar-refractivity contribution in [3.63, 3.8) is 0 Å². The summed E-state index contributed by atoms with van der Waals surface area (Å²) in [4.78, 5) is 4.74. The number of aromatic nitrogens is 1. The summed E-state index contributed by atoms with van der Waals surface area (Å²) in [6.45, 7) is 0. The maximum Gasteiger partial charge on any atom is 0.0973 e. The van der Waals surface area contributed by atoms with Gasteiger partial charge in [0, 0.05) is 23.4 Å². The lowest BCUT2D eigenvalue weighted by atomic mass is 9.94. The Kier molecular flexibility index (Phi) is 3.76. The van der Waals surface area contributed by atoms with Crippen molar-refractivity contribution < 1.29 is 0 Å². The van der Waals surface area contributed by atoms with E-state index in [4.69, 9.17) is 10.7 Å². The third-order valence-corrected chi connectivity index (χ3v) is 4.39. The first-order chi connectivity index (χ1) is 9.31. The molecule has 0 aliphatic heterocycles. The highest BCUT2D eigenvalue weighted by Gasteiger charge is 2.12. The average molecular weight is 270 g/mol. The van der Waals surface area contributed by atoms with Gasteiger partial charge < -0.3 is 5.73 Å². The highest BCUT2D eigenvalue weighted by molar-refractivity contribution is 7.10. The summed E-state index contributed by atoms with van der Waals surface area (Å²) in [5.74, 6) is 0. The van der Waals surface area contributed by atoms with Gasteiger partial charge in [0.05, 0.1) is 10.7 Å². The number of nitrogens with zero attached hydrogens (tertiary/aromatic N) is 1. The summed E-state index contributed by atoms with van der Waals surface area (Å²) >= 11 is 1.76. The standard InChI is InChI=1S/C16H18N2S/c17-14-8-6-12(7-9-14)10-16-18-15(11-19-16)13-4-2-1-3-5-13/h1-6,11,14H,7-10,17H2. The molecule has 1 aromatic carbocycles. The van der Waals surface area contributed by atoms with Gasteiger partial charge in [-0.05, 0) is 19.3 Å². The van der Waals surface area contributed by atoms with Gasteiger partial charge in [-0.25, -0.2) is 4.98 Å². The predicted octanol–water partition coefficient (Wildman–Crippen LogP) is 3.79. The van der Waals surface area contributed by atoms with Crippen molar-refractivity contribution in [1.82, 2.24) is 4.98 Å². The van der Waals surface area contributed by atoms with Crippen molar-refractivity contribution in [3.8, 4) is 11.3 Å². The predicted molar refractivity (Wildman–Crippen MR) is 81.2 cm³/mol. The molecule has 2 nitrogen and oxygen atoms in total. The number of hydrogen-bond donors (Lipinski definition) is 1. The highest BCUT2D eigenvalue weighted by atomic mass is 32.1. The summed E-state index contributed by atoms with van der Waals surface area (Å²) in [6.07, 6.45) is 6.55. The minimum absolute atomic E-state index is 0.361. The molecule has 2 N–H and O–H groups in total. The van der Waals surface area contributed by atoms with Crippen LogP contribution in [0, 0.1) is 0 Å². The first-order valence-electron chi connectivity index (χ1n) is 6.74. The van der Waals surface area contributed by atoms with Gasteiger partial charge >= 0.3 is 0 Å². The highest BCUT2D eigenvalue weighted by Crippen LogP contribution is 2.26. The molecule has 0 saturated heterocycles. The molecule has 1 aliphatic carbocycles. The Balaban J connectivity index is 1.72. The van der Waals surface area contributed by atoms with E-state index in [0.29, 0.717) is 6.04 Å². The fourth-order valence-electron chi connectivity index (χ4n) is 2.40. The molecule has 0 bridgehead atoms. The summed E-state index contributed by atoms with van der Waals surface area (Å²) in [6, 6.07) is 10.7. The van der Waals surface area contributed by atoms with E-state index in [0.717, 1.165) is 31.4 Å². The Morgan fingerprint density at radius 1 is 1.26 bits per heavy atom. The molecule has 1 heterocycles. The molecular formula is C16H18N2S. The summed E-state index contributed by atoms with van der Waals surface area (Å²) in [5.41, 5.74) is 9.70. The lowest BCUT2D eigenvalue weighted by Gasteiger charge is -2.17. The van der Waals surface area contributed by atoms with E-state index >= 15 is 0 Å². The summed E-state index contributed by atoms with van der Waals surface area (Å²) in [7, 11) is 0. The first kappa shape index (κ1) is 12.6. The molecule has 0 radical (unpaired) electrons. The van der Waals surface area contributed by atoms with Gasteiger partial charge in [0.2, 0.25) is 0 Å². The molecule has 3 rings (SSSR count). The van der Waals surface area contributed by atoms with Crippen molar-refractivity contribution in [2.45, 2.75) is 31.7 Å². The van der Waals surface area contributed by atoms with Gasteiger partial charge in [-0.1, -0.05) is 42.0 Å². The van der Waals surface area contributed by atoms with Gasteiger partial charge in [0.1, 0.15) is 0 Å². The van der Waals surface area contributed by atoms with Crippen LogP contribution in [0.5, 0.6) is 0 Å². The second-order valence-electron chi connectivity index (χ2n) is 5.07. The fourth-order valence-corrected chi connectivity index (χ4v) is 3.25. The number of rotatable bonds is 3. The maximum absolute atomic E-state index is 5.91. The van der Waals surface area contributed by atoms with Gasteiger partial charge in [-0.2, -0.15) is 0 Å². The summed E-state index contributed by atoms with van der Waals surface area (Å²) in [5, 5.41) is 3.36. The van der Waals surface area contributed by atoms with Crippen LogP contribution in [-0.2, 0) is 6.42 Å². The normalized spacial score (nSPS) is 19.2. The van der Waals surface area contributed by atoms with E-state index in [-0.39, 0.29) is 0 Å². The monoisotopic (exact) mass is 270 g/mol. The Labute approximate surface area is 118 Å². The lowest BCUT2D eigenvalue weighted by Crippen LogP contribution is -2.22. The molecule has 0 saturated carbocycles. The number of thiazole rings is 1. The molecule has 2 aromatic rings. The molecule has 1 aliphatic rings. The number of allylic oxidation sites excluding steroid dienone is 1. The Bertz CT molecular complexity index is 571. The van der Waals surface area contributed by atoms with Gasteiger partial charge in [0.15, 0.2) is 0 Å². The van der Waals surface area contributed by atoms with Crippen LogP contribution in [0.1, 0.15) is 24.3 Å². The molecule has 1 aromatic heterocycles. The minimum Gasteiger partial charge on any atom is -0.327 e. The third-order valence-electron chi connectivity index (χ3n) is 3.55. The van der Waals surface area contributed by atoms with E-state index in [1.807, 2.05) is 6.07 Å². The largest absolute Gasteiger partial charge is 0.327 e. The summed E-state index contributed by atoms with van der Waals surface area (Å²) < 4.78 is 0. The molecule has 1 unspecified atom stereocenters. The van der Waals surface area contributed by atoms with Crippen LogP contribution in [-0.4, -0.2) is 11.0 Å². The van der Waals surface area contributed by atoms with E-state index < -0.39 is 0 Å². The molecule has 0 fully saturated rings. The van der Waals surface area contributed by atoms with E-state index in [1.165, 1.54) is 16.1 Å². The zero-order valence-corrected chi connectivity index (χ0v) is 11.7. The van der Waals surface area contributed by atoms with Crippen LogP contribution in [0.3, 0.4) is 0 Å². The van der Waals surface area contributed by atoms with Crippen molar-refractivity contribution in [2.75, 3.05) is 0 Å². The Morgan fingerprint density at radius 2 is 2.11 bits per heavy atom. The third kappa shape index (κ3) is 3.11. The number of nitrogens with two attached hydrogens (primary N) is 1. The van der Waals surface area contributed by atoms with Crippen LogP contribution in [0.4, 0.5) is 0 Å². The van der Waals surface area contributed by atoms with Crippen molar-refractivity contribution in [2.24, 2.45) is 5.73 Å². The second kappa shape index (κ2) is 5.68. The average Bonchev–Trinajstić information content (AvgIpc) is 2.91. The molecule has 0 spiro atoms. The zero-order valence-electron chi connectivity index (χ0n) is 10.9. The smallest absolute Gasteiger partial charge is 0.0973 e. The van der Waals surface area contributed by atoms with E-state index in [9.17, 15) is 0 Å². The van der Waals surface area contributed by atoms with Crippen molar-refractivity contribution in [3.05, 3.63) is 52.4 Å². The van der Waals surface area contributed by atoms with E-state index in [1.54, 1.807) is 11.3 Å². The van der Waals surface area contributed by atoms with Crippen LogP contribution in [0.25, 0.3) is 11.3 Å². The molecule has 3 heteroatoms. The van der Waals surface area contributed by atoms with Crippen LogP contribution in [0.2, 0.25) is 0 Å². The molecular weight excluding hydrogens is 252 g/mol. The van der Waals surface area contributed by atoms with Crippen LogP contribution < -0.4 is 5.73 Å². The second-order valence-corrected chi connectivity index (χ2v) is 6.01. The first-order valence-corrected chi connectivity index (χ1v) is 7.62. The Morgan fingerprint density at radius 3 is 2.84 bits per heavy atom. The van der Waals surface area contributed by atoms with Crippen molar-refractivity contribution >= 4 is 11.3 Å². The van der Waals surface area contributed by atoms with Gasteiger partial charge in [0.25, 0.3) is 0 Å². The van der Waals surface area contributed by atoms with Crippen LogP contribution >= 0.6 is 11.3 Å². The molecule has 1 atom stereocenters. The maximum atomic E-state index is 5.91.